The first-order valence-electron chi connectivity index (χ1n) is 6.22. The van der Waals surface area contributed by atoms with Crippen LogP contribution in [-0.4, -0.2) is 21.8 Å². The lowest BCUT2D eigenvalue weighted by Gasteiger charge is -2.08. The Balaban J connectivity index is 2.38. The van der Waals surface area contributed by atoms with Gasteiger partial charge in [-0.1, -0.05) is 13.8 Å². The molecule has 2 aromatic heterocycles. The van der Waals surface area contributed by atoms with Gasteiger partial charge in [-0.25, -0.2) is 4.98 Å². The van der Waals surface area contributed by atoms with Crippen LogP contribution in [0.15, 0.2) is 18.3 Å². The molecule has 0 aliphatic rings. The summed E-state index contributed by atoms with van der Waals surface area (Å²) in [4.78, 5) is 16.6. The Labute approximate surface area is 107 Å². The van der Waals surface area contributed by atoms with Crippen LogP contribution in [0.1, 0.15) is 35.6 Å². The summed E-state index contributed by atoms with van der Waals surface area (Å²) in [7, 11) is 0. The highest BCUT2D eigenvalue weighted by Crippen LogP contribution is 2.13. The zero-order valence-electron chi connectivity index (χ0n) is 11.3. The zero-order valence-corrected chi connectivity index (χ0v) is 11.3. The number of nitrogens with zero attached hydrogens (tertiary/aromatic N) is 2. The Morgan fingerprint density at radius 3 is 2.83 bits per heavy atom. The molecule has 18 heavy (non-hydrogen) atoms. The molecule has 2 heterocycles. The number of carbonyl (C=O) groups excluding carboxylic acids is 1. The molecular weight excluding hydrogens is 226 g/mol. The van der Waals surface area contributed by atoms with E-state index in [0.29, 0.717) is 18.2 Å². The summed E-state index contributed by atoms with van der Waals surface area (Å²) in [5.41, 5.74) is 3.36. The number of aromatic nitrogens is 2. The minimum Gasteiger partial charge on any atom is -0.350 e. The molecule has 0 spiro atoms. The van der Waals surface area contributed by atoms with Crippen molar-refractivity contribution in [1.29, 1.82) is 0 Å². The SMILES string of the molecule is Cc1ccn2c(C(=O)NCC(C)C)c(C)nc2c1. The topological polar surface area (TPSA) is 46.4 Å². The maximum atomic E-state index is 12.2. The maximum absolute atomic E-state index is 12.2. The van der Waals surface area contributed by atoms with Crippen LogP contribution < -0.4 is 5.32 Å². The molecule has 2 rings (SSSR count). The van der Waals surface area contributed by atoms with Gasteiger partial charge in [-0.3, -0.25) is 9.20 Å². The number of pyridine rings is 1. The molecule has 1 N–H and O–H groups in total. The van der Waals surface area contributed by atoms with Gasteiger partial charge in [0.15, 0.2) is 0 Å². The predicted molar refractivity (Wildman–Crippen MR) is 71.8 cm³/mol. The highest BCUT2D eigenvalue weighted by molar-refractivity contribution is 5.94. The molecule has 0 radical (unpaired) electrons. The minimum atomic E-state index is -0.0578. The lowest BCUT2D eigenvalue weighted by molar-refractivity contribution is 0.0942. The van der Waals surface area contributed by atoms with Gasteiger partial charge >= 0.3 is 0 Å². The molecule has 0 bridgehead atoms. The quantitative estimate of drug-likeness (QED) is 0.902. The van der Waals surface area contributed by atoms with Gasteiger partial charge in [-0.05, 0) is 37.5 Å². The fraction of sp³-hybridized carbons (Fsp3) is 0.429. The lowest BCUT2D eigenvalue weighted by atomic mass is 10.2. The molecule has 0 saturated carbocycles. The van der Waals surface area contributed by atoms with E-state index in [1.807, 2.05) is 36.6 Å². The first kappa shape index (κ1) is 12.6. The first-order valence-corrected chi connectivity index (χ1v) is 6.22. The van der Waals surface area contributed by atoms with Gasteiger partial charge in [0.1, 0.15) is 11.3 Å². The molecule has 2 aromatic rings. The van der Waals surface area contributed by atoms with Crippen LogP contribution in [0.3, 0.4) is 0 Å². The van der Waals surface area contributed by atoms with Crippen molar-refractivity contribution in [1.82, 2.24) is 14.7 Å². The lowest BCUT2D eigenvalue weighted by Crippen LogP contribution is -2.28. The molecule has 1 amide bonds. The highest BCUT2D eigenvalue weighted by atomic mass is 16.1. The predicted octanol–water partition coefficient (Wildman–Crippen LogP) is 2.34. The van der Waals surface area contributed by atoms with E-state index >= 15 is 0 Å². The van der Waals surface area contributed by atoms with Crippen LogP contribution >= 0.6 is 0 Å². The fourth-order valence-corrected chi connectivity index (χ4v) is 1.92. The summed E-state index contributed by atoms with van der Waals surface area (Å²) in [5, 5.41) is 2.93. The summed E-state index contributed by atoms with van der Waals surface area (Å²) in [6, 6.07) is 3.96. The molecule has 0 saturated heterocycles. The number of imidazole rings is 1. The van der Waals surface area contributed by atoms with Crippen LogP contribution in [0.5, 0.6) is 0 Å². The first-order chi connectivity index (χ1) is 8.49. The Bertz CT molecular complexity index is 584. The van der Waals surface area contributed by atoms with E-state index < -0.39 is 0 Å². The van der Waals surface area contributed by atoms with Gasteiger partial charge in [0.25, 0.3) is 5.91 Å². The number of hydrogen-bond acceptors (Lipinski definition) is 2. The van der Waals surface area contributed by atoms with E-state index in [-0.39, 0.29) is 5.91 Å². The van der Waals surface area contributed by atoms with Crippen LogP contribution in [0.2, 0.25) is 0 Å². The number of nitrogens with one attached hydrogen (secondary N) is 1. The van der Waals surface area contributed by atoms with E-state index in [1.54, 1.807) is 0 Å². The van der Waals surface area contributed by atoms with Crippen LogP contribution in [0.4, 0.5) is 0 Å². The van der Waals surface area contributed by atoms with Gasteiger partial charge in [0.05, 0.1) is 5.69 Å². The molecule has 0 aliphatic carbocycles. The third-order valence-electron chi connectivity index (χ3n) is 2.84. The number of amides is 1. The van der Waals surface area contributed by atoms with Gasteiger partial charge in [0.2, 0.25) is 0 Å². The Kier molecular flexibility index (Phi) is 3.36. The van der Waals surface area contributed by atoms with E-state index in [1.165, 1.54) is 0 Å². The smallest absolute Gasteiger partial charge is 0.270 e. The third kappa shape index (κ3) is 2.37. The second kappa shape index (κ2) is 4.80. The fourth-order valence-electron chi connectivity index (χ4n) is 1.92. The maximum Gasteiger partial charge on any atom is 0.270 e. The zero-order chi connectivity index (χ0) is 13.3. The van der Waals surface area contributed by atoms with E-state index in [4.69, 9.17) is 0 Å². The monoisotopic (exact) mass is 245 g/mol. The van der Waals surface area contributed by atoms with Crippen molar-refractivity contribution in [2.45, 2.75) is 27.7 Å². The number of aryl methyl sites for hydroxylation is 2. The Morgan fingerprint density at radius 1 is 1.44 bits per heavy atom. The number of carbonyl (C=O) groups is 1. The van der Waals surface area contributed by atoms with Crippen molar-refractivity contribution in [2.75, 3.05) is 6.54 Å². The summed E-state index contributed by atoms with van der Waals surface area (Å²) in [6.07, 6.45) is 1.90. The largest absolute Gasteiger partial charge is 0.350 e. The Hall–Kier alpha value is -1.84. The highest BCUT2D eigenvalue weighted by Gasteiger charge is 2.16. The molecule has 0 aromatic carbocycles. The number of fused-ring (bicyclic) bond motifs is 1. The molecule has 96 valence electrons. The van der Waals surface area contributed by atoms with Crippen molar-refractivity contribution < 1.29 is 4.79 Å². The van der Waals surface area contributed by atoms with E-state index in [9.17, 15) is 4.79 Å². The second-order valence-corrected chi connectivity index (χ2v) is 5.08. The van der Waals surface area contributed by atoms with Gasteiger partial charge < -0.3 is 5.32 Å². The molecular formula is C14H19N3O. The number of rotatable bonds is 3. The Morgan fingerprint density at radius 2 is 2.17 bits per heavy atom. The summed E-state index contributed by atoms with van der Waals surface area (Å²) >= 11 is 0. The molecule has 0 unspecified atom stereocenters. The van der Waals surface area contributed by atoms with Crippen LogP contribution in [0.25, 0.3) is 5.65 Å². The van der Waals surface area contributed by atoms with Crippen molar-refractivity contribution in [2.24, 2.45) is 5.92 Å². The number of hydrogen-bond donors (Lipinski definition) is 1. The van der Waals surface area contributed by atoms with Crippen LogP contribution in [-0.2, 0) is 0 Å². The van der Waals surface area contributed by atoms with E-state index in [2.05, 4.69) is 24.1 Å². The molecule has 0 aliphatic heterocycles. The van der Waals surface area contributed by atoms with Crippen molar-refractivity contribution >= 4 is 11.6 Å². The summed E-state index contributed by atoms with van der Waals surface area (Å²) in [5.74, 6) is 0.383. The van der Waals surface area contributed by atoms with Crippen LogP contribution in [0, 0.1) is 19.8 Å². The molecule has 4 heteroatoms. The van der Waals surface area contributed by atoms with Crippen molar-refractivity contribution in [3.05, 3.63) is 35.3 Å². The van der Waals surface area contributed by atoms with E-state index in [0.717, 1.165) is 16.9 Å². The van der Waals surface area contributed by atoms with Gasteiger partial charge in [-0.2, -0.15) is 0 Å². The molecule has 0 atom stereocenters. The molecule has 0 fully saturated rings. The second-order valence-electron chi connectivity index (χ2n) is 5.08. The average molecular weight is 245 g/mol. The van der Waals surface area contributed by atoms with Crippen molar-refractivity contribution in [3.63, 3.8) is 0 Å². The molecule has 4 nitrogen and oxygen atoms in total. The summed E-state index contributed by atoms with van der Waals surface area (Å²) in [6.45, 7) is 8.71. The average Bonchev–Trinajstić information content (AvgIpc) is 2.61. The normalized spacial score (nSPS) is 11.2. The third-order valence-corrected chi connectivity index (χ3v) is 2.84. The minimum absolute atomic E-state index is 0.0578. The van der Waals surface area contributed by atoms with Crippen molar-refractivity contribution in [3.8, 4) is 0 Å². The van der Waals surface area contributed by atoms with Gasteiger partial charge in [0, 0.05) is 12.7 Å². The standard InChI is InChI=1S/C14H19N3O/c1-9(2)8-15-14(18)13-11(4)16-12-7-10(3)5-6-17(12)13/h5-7,9H,8H2,1-4H3,(H,15,18). The van der Waals surface area contributed by atoms with Gasteiger partial charge in [-0.15, -0.1) is 0 Å². The summed E-state index contributed by atoms with van der Waals surface area (Å²) < 4.78 is 1.85.